The number of hydrogen-bond donors (Lipinski definition) is 3. The van der Waals surface area contributed by atoms with Crippen molar-refractivity contribution in [1.29, 1.82) is 0 Å². The Labute approximate surface area is 254 Å². The number of aryl methyl sites for hydroxylation is 1. The maximum atomic E-state index is 14.1. The Balaban J connectivity index is 1.69. The summed E-state index contributed by atoms with van der Waals surface area (Å²) in [7, 11) is -8.43. The van der Waals surface area contributed by atoms with Crippen LogP contribution in [0.3, 0.4) is 0 Å². The van der Waals surface area contributed by atoms with E-state index in [-0.39, 0.29) is 49.6 Å². The van der Waals surface area contributed by atoms with Crippen LogP contribution in [0.25, 0.3) is 22.0 Å². The predicted molar refractivity (Wildman–Crippen MR) is 162 cm³/mol. The van der Waals surface area contributed by atoms with Crippen LogP contribution in [-0.4, -0.2) is 42.1 Å². The van der Waals surface area contributed by atoms with E-state index in [1.54, 1.807) is 30.3 Å². The summed E-state index contributed by atoms with van der Waals surface area (Å²) in [5.41, 5.74) is 0.0171. The molecule has 11 nitrogen and oxygen atoms in total. The lowest BCUT2D eigenvalue weighted by atomic mass is 9.80. The van der Waals surface area contributed by atoms with Gasteiger partial charge in [-0.25, -0.2) is 0 Å². The van der Waals surface area contributed by atoms with E-state index < -0.39 is 47.2 Å². The molecule has 0 unspecified atom stereocenters. The highest BCUT2D eigenvalue weighted by molar-refractivity contribution is 7.86. The lowest BCUT2D eigenvalue weighted by molar-refractivity contribution is 0.102. The molecule has 0 spiro atoms. The van der Waals surface area contributed by atoms with Gasteiger partial charge in [0.2, 0.25) is 0 Å². The molecule has 0 radical (unpaired) electrons. The van der Waals surface area contributed by atoms with Crippen molar-refractivity contribution in [2.24, 2.45) is 7.05 Å². The summed E-state index contributed by atoms with van der Waals surface area (Å²) < 4.78 is 68.3. The quantitative estimate of drug-likeness (QED) is 0.166. The van der Waals surface area contributed by atoms with Crippen molar-refractivity contribution in [2.45, 2.75) is 9.79 Å². The number of halogens is 1. The molecule has 0 saturated heterocycles. The van der Waals surface area contributed by atoms with E-state index in [4.69, 9.17) is 11.6 Å². The van der Waals surface area contributed by atoms with Crippen LogP contribution in [0.5, 0.6) is 0 Å². The van der Waals surface area contributed by atoms with Gasteiger partial charge in [-0.15, -0.1) is 0 Å². The van der Waals surface area contributed by atoms with E-state index in [0.717, 1.165) is 12.1 Å². The fourth-order valence-corrected chi connectivity index (χ4v) is 6.83. The summed E-state index contributed by atoms with van der Waals surface area (Å²) >= 11 is 6.13. The summed E-state index contributed by atoms with van der Waals surface area (Å²) in [6.45, 7) is 0. The predicted octanol–water partition coefficient (Wildman–Crippen LogP) is 4.87. The number of pyridine rings is 1. The number of anilines is 2. The maximum absolute atomic E-state index is 14.1. The number of benzene rings is 4. The van der Waals surface area contributed by atoms with Crippen LogP contribution in [0, 0.1) is 0 Å². The number of aromatic nitrogens is 1. The number of rotatable bonds is 6. The van der Waals surface area contributed by atoms with E-state index in [1.165, 1.54) is 41.9 Å². The van der Waals surface area contributed by atoms with Gasteiger partial charge < -0.3 is 9.88 Å². The fourth-order valence-electron chi connectivity index (χ4n) is 5.39. The van der Waals surface area contributed by atoms with Crippen LogP contribution in [0.1, 0.15) is 31.8 Å². The number of hydrogen-bond acceptors (Lipinski definition) is 8. The van der Waals surface area contributed by atoms with Gasteiger partial charge in [0.15, 0.2) is 11.6 Å². The molecule has 1 aromatic heterocycles. The van der Waals surface area contributed by atoms with Crippen molar-refractivity contribution >= 4 is 65.7 Å². The molecule has 44 heavy (non-hydrogen) atoms. The maximum Gasteiger partial charge on any atom is 0.296 e. The van der Waals surface area contributed by atoms with Gasteiger partial charge in [-0.05, 0) is 48.0 Å². The third-order valence-electron chi connectivity index (χ3n) is 7.34. The average Bonchev–Trinajstić information content (AvgIpc) is 2.97. The Morgan fingerprint density at radius 3 is 2.14 bits per heavy atom. The molecule has 6 rings (SSSR count). The smallest absolute Gasteiger partial charge is 0.296 e. The van der Waals surface area contributed by atoms with Gasteiger partial charge in [-0.2, -0.15) is 16.8 Å². The van der Waals surface area contributed by atoms with Crippen LogP contribution in [0.15, 0.2) is 93.4 Å². The molecular formula is C30H19ClN2O9S2. The number of carbonyl (C=O) groups excluding carboxylic acids is 2. The molecule has 1 heterocycles. The molecule has 4 aromatic carbocycles. The minimum Gasteiger partial charge on any atom is -0.354 e. The molecule has 0 amide bonds. The normalized spacial score (nSPS) is 12.7. The first-order valence-electron chi connectivity index (χ1n) is 12.7. The molecule has 14 heteroatoms. The third-order valence-corrected chi connectivity index (χ3v) is 9.32. The van der Waals surface area contributed by atoms with Crippen molar-refractivity contribution < 1.29 is 35.5 Å². The second-order valence-electron chi connectivity index (χ2n) is 9.94. The van der Waals surface area contributed by atoms with Crippen LogP contribution < -0.4 is 10.9 Å². The third kappa shape index (κ3) is 4.71. The summed E-state index contributed by atoms with van der Waals surface area (Å²) in [6.07, 6.45) is 0. The second kappa shape index (κ2) is 10.2. The minimum absolute atomic E-state index is 0.00733. The first kappa shape index (κ1) is 29.4. The van der Waals surface area contributed by atoms with Gasteiger partial charge in [0.25, 0.3) is 25.8 Å². The largest absolute Gasteiger partial charge is 0.354 e. The van der Waals surface area contributed by atoms with Crippen molar-refractivity contribution in [3.63, 3.8) is 0 Å². The molecule has 1 aliphatic rings. The van der Waals surface area contributed by atoms with Gasteiger partial charge in [-0.1, -0.05) is 48.0 Å². The Bertz CT molecular complexity index is 2400. The van der Waals surface area contributed by atoms with E-state index in [0.29, 0.717) is 17.1 Å². The number of carbonyl (C=O) groups is 2. The van der Waals surface area contributed by atoms with Crippen LogP contribution in [0.4, 0.5) is 11.4 Å². The SMILES string of the molecule is Cn1c(=O)c(C(=O)c2cccc(Cl)c2)c2c3c(c(Nc4ccc(S(=O)(=O)O)cc4S(=O)(=O)O)ccc31)C(=O)c1ccccc1-2. The first-order chi connectivity index (χ1) is 20.7. The molecule has 5 aromatic rings. The standard InChI is InChI=1S/C30H19ClN2O9S2/c1-33-22-12-11-21(32-20-10-9-17(43(37,38)39)14-23(20)44(40,41)42)25-26(22)24(18-7-2-3-8-19(18)29(25)35)27(30(33)36)28(34)15-5-4-6-16(31)13-15/h2-14,32H,1H3,(H,37,38,39)(H,40,41,42). The zero-order valence-corrected chi connectivity index (χ0v) is 24.8. The molecule has 0 aliphatic heterocycles. The molecular weight excluding hydrogens is 632 g/mol. The van der Waals surface area contributed by atoms with E-state index in [2.05, 4.69) is 5.32 Å². The van der Waals surface area contributed by atoms with Crippen molar-refractivity contribution in [3.8, 4) is 11.1 Å². The molecule has 0 bridgehead atoms. The highest BCUT2D eigenvalue weighted by atomic mass is 35.5. The van der Waals surface area contributed by atoms with Crippen molar-refractivity contribution in [2.75, 3.05) is 5.32 Å². The lowest BCUT2D eigenvalue weighted by Crippen LogP contribution is -2.29. The highest BCUT2D eigenvalue weighted by Gasteiger charge is 2.34. The minimum atomic E-state index is -5.04. The van der Waals surface area contributed by atoms with Gasteiger partial charge in [0.05, 0.1) is 32.9 Å². The van der Waals surface area contributed by atoms with Crippen LogP contribution in [-0.2, 0) is 27.3 Å². The monoisotopic (exact) mass is 650 g/mol. The Kier molecular flexibility index (Phi) is 6.83. The zero-order valence-electron chi connectivity index (χ0n) is 22.4. The van der Waals surface area contributed by atoms with E-state index in [9.17, 15) is 40.3 Å². The number of ketones is 2. The van der Waals surface area contributed by atoms with Gasteiger partial charge in [0.1, 0.15) is 4.90 Å². The zero-order chi connectivity index (χ0) is 31.7. The Morgan fingerprint density at radius 1 is 0.795 bits per heavy atom. The Morgan fingerprint density at radius 2 is 1.48 bits per heavy atom. The second-order valence-corrected chi connectivity index (χ2v) is 13.2. The van der Waals surface area contributed by atoms with Gasteiger partial charge in [0, 0.05) is 34.1 Å². The molecule has 0 atom stereocenters. The van der Waals surface area contributed by atoms with Crippen molar-refractivity contribution in [3.05, 3.63) is 116 Å². The number of nitrogens with one attached hydrogen (secondary N) is 1. The van der Waals surface area contributed by atoms with Crippen LogP contribution in [0.2, 0.25) is 5.02 Å². The molecule has 1 aliphatic carbocycles. The summed E-state index contributed by atoms with van der Waals surface area (Å²) in [5, 5.41) is 3.30. The summed E-state index contributed by atoms with van der Waals surface area (Å²) in [5.74, 6) is -1.14. The van der Waals surface area contributed by atoms with Gasteiger partial charge in [-0.3, -0.25) is 23.5 Å². The van der Waals surface area contributed by atoms with Gasteiger partial charge >= 0.3 is 0 Å². The Hall–Kier alpha value is -4.66. The van der Waals surface area contributed by atoms with E-state index in [1.807, 2.05) is 0 Å². The topological polar surface area (TPSA) is 177 Å². The molecule has 3 N–H and O–H groups in total. The molecule has 0 saturated carbocycles. The molecule has 0 fully saturated rings. The lowest BCUT2D eigenvalue weighted by Gasteiger charge is -2.26. The average molecular weight is 651 g/mol. The number of fused-ring (bicyclic) bond motifs is 2. The number of nitrogens with zero attached hydrogens (tertiary/aromatic N) is 1. The fraction of sp³-hybridized carbons (Fsp3) is 0.0333. The van der Waals surface area contributed by atoms with E-state index >= 15 is 0 Å². The summed E-state index contributed by atoms with van der Waals surface area (Å²) in [6, 6.07) is 17.9. The van der Waals surface area contributed by atoms with Crippen LogP contribution >= 0.6 is 11.6 Å². The first-order valence-corrected chi connectivity index (χ1v) is 15.9. The summed E-state index contributed by atoms with van der Waals surface area (Å²) in [4.78, 5) is 40.1. The highest BCUT2D eigenvalue weighted by Crippen LogP contribution is 2.44. The molecule has 222 valence electrons. The van der Waals surface area contributed by atoms with Crippen molar-refractivity contribution in [1.82, 2.24) is 4.57 Å².